The minimum atomic E-state index is -4.55. The fraction of sp³-hybridized carbons (Fsp3) is 0.269. The van der Waals surface area contributed by atoms with E-state index in [0.717, 1.165) is 0 Å². The Balaban J connectivity index is 2.18. The average molecular weight is 492 g/mol. The Morgan fingerprint density at radius 3 is 1.71 bits per heavy atom. The van der Waals surface area contributed by atoms with Crippen LogP contribution in [0.2, 0.25) is 0 Å². The molecular weight excluding hydrogens is 464 g/mol. The van der Waals surface area contributed by atoms with Crippen LogP contribution in [0.15, 0.2) is 91.0 Å². The van der Waals surface area contributed by atoms with Gasteiger partial charge in [0, 0.05) is 0 Å². The molecule has 0 saturated carbocycles. The van der Waals surface area contributed by atoms with Crippen LogP contribution in [0.5, 0.6) is 0 Å². The Bertz CT molecular complexity index is 1000. The molecule has 0 fully saturated rings. The number of alkyl halides is 3. The van der Waals surface area contributed by atoms with Crippen molar-refractivity contribution in [2.45, 2.75) is 38.7 Å². The molecule has 182 valence electrons. The molecule has 0 aromatic heterocycles. The molecule has 0 amide bonds. The summed E-state index contributed by atoms with van der Waals surface area (Å²) in [6.45, 7) is 2.91. The van der Waals surface area contributed by atoms with Gasteiger partial charge in [0.25, 0.3) is 0 Å². The van der Waals surface area contributed by atoms with Gasteiger partial charge in [0.15, 0.2) is 0 Å². The van der Waals surface area contributed by atoms with Gasteiger partial charge in [0.2, 0.25) is 0 Å². The van der Waals surface area contributed by atoms with Crippen molar-refractivity contribution in [3.8, 4) is 0 Å². The third-order valence-corrected chi connectivity index (χ3v) is 8.95. The van der Waals surface area contributed by atoms with E-state index in [9.17, 15) is 23.1 Å². The zero-order valence-corrected chi connectivity index (χ0v) is 19.9. The number of hydrogen-bond donors (Lipinski definition) is 1. The third kappa shape index (κ3) is 6.44. The molecule has 0 saturated heterocycles. The van der Waals surface area contributed by atoms with Crippen LogP contribution < -0.4 is 10.6 Å². The van der Waals surface area contributed by atoms with E-state index in [1.807, 2.05) is 0 Å². The Hall–Kier alpha value is -2.73. The van der Waals surface area contributed by atoms with Gasteiger partial charge in [-0.15, -0.1) is 0 Å². The van der Waals surface area contributed by atoms with Gasteiger partial charge in [0.1, 0.15) is 0 Å². The standard InChI is InChI=1S/C26H28F3O4P/c1-19(20(2)30)24(18-26(27,28)29)32-34(22-14-8-4-9-15-22,23-16-10-5-11-17-23)33-25(31)21-12-6-3-7-13-21/h3-17,19-20,24,30,34H,18H2,1-2H3. The monoisotopic (exact) mass is 492 g/mol. The average Bonchev–Trinajstić information content (AvgIpc) is 2.83. The molecule has 3 atom stereocenters. The van der Waals surface area contributed by atoms with Crippen molar-refractivity contribution >= 4 is 24.3 Å². The Morgan fingerprint density at radius 1 is 0.853 bits per heavy atom. The summed E-state index contributed by atoms with van der Waals surface area (Å²) < 4.78 is 53.2. The van der Waals surface area contributed by atoms with Gasteiger partial charge in [0.05, 0.1) is 0 Å². The zero-order valence-electron chi connectivity index (χ0n) is 18.9. The van der Waals surface area contributed by atoms with Crippen LogP contribution in [0.3, 0.4) is 0 Å². The summed E-state index contributed by atoms with van der Waals surface area (Å²) >= 11 is 0. The number of hydrogen-bond acceptors (Lipinski definition) is 4. The van der Waals surface area contributed by atoms with Crippen LogP contribution in [0.1, 0.15) is 30.6 Å². The van der Waals surface area contributed by atoms with Gasteiger partial charge in [-0.3, -0.25) is 0 Å². The fourth-order valence-corrected chi connectivity index (χ4v) is 6.87. The quantitative estimate of drug-likeness (QED) is 0.405. The molecule has 0 heterocycles. The molecule has 3 aromatic carbocycles. The summed E-state index contributed by atoms with van der Waals surface area (Å²) in [5.41, 5.74) is 0.255. The summed E-state index contributed by atoms with van der Waals surface area (Å²) in [6, 6.07) is 25.4. The van der Waals surface area contributed by atoms with Crippen molar-refractivity contribution in [1.82, 2.24) is 0 Å². The predicted octanol–water partition coefficient (Wildman–Crippen LogP) is 5.43. The first kappa shape index (κ1) is 25.9. The summed E-state index contributed by atoms with van der Waals surface area (Å²) in [5.74, 6) is -1.58. The van der Waals surface area contributed by atoms with E-state index in [0.29, 0.717) is 10.6 Å². The first-order valence-corrected chi connectivity index (χ1v) is 12.8. The van der Waals surface area contributed by atoms with Crippen molar-refractivity contribution in [2.24, 2.45) is 5.92 Å². The van der Waals surface area contributed by atoms with E-state index in [-0.39, 0.29) is 5.56 Å². The van der Waals surface area contributed by atoms with Crippen molar-refractivity contribution in [1.29, 1.82) is 0 Å². The topological polar surface area (TPSA) is 55.8 Å². The number of rotatable bonds is 9. The molecule has 1 N–H and O–H groups in total. The second-order valence-electron chi connectivity index (χ2n) is 8.18. The molecule has 0 radical (unpaired) electrons. The third-order valence-electron chi connectivity index (χ3n) is 5.65. The number of carbonyl (C=O) groups is 1. The summed E-state index contributed by atoms with van der Waals surface area (Å²) in [4.78, 5) is 13.2. The van der Waals surface area contributed by atoms with Crippen LogP contribution >= 0.6 is 7.72 Å². The molecule has 3 aromatic rings. The van der Waals surface area contributed by atoms with Crippen molar-refractivity contribution < 1.29 is 32.1 Å². The second kappa shape index (κ2) is 11.1. The van der Waals surface area contributed by atoms with Gasteiger partial charge in [-0.05, 0) is 0 Å². The van der Waals surface area contributed by atoms with E-state index in [4.69, 9.17) is 9.05 Å². The van der Waals surface area contributed by atoms with Crippen LogP contribution in [-0.4, -0.2) is 29.5 Å². The number of halogens is 3. The van der Waals surface area contributed by atoms with Gasteiger partial charge >= 0.3 is 198 Å². The normalized spacial score (nSPS) is 15.2. The van der Waals surface area contributed by atoms with Crippen molar-refractivity contribution in [3.63, 3.8) is 0 Å². The van der Waals surface area contributed by atoms with Gasteiger partial charge in [-0.2, -0.15) is 0 Å². The summed E-state index contributed by atoms with van der Waals surface area (Å²) in [5, 5.41) is 11.1. The molecular formula is C26H28F3O4P. The predicted molar refractivity (Wildman–Crippen MR) is 129 cm³/mol. The first-order valence-electron chi connectivity index (χ1n) is 10.9. The molecule has 8 heteroatoms. The van der Waals surface area contributed by atoms with E-state index < -0.39 is 44.4 Å². The minimum absolute atomic E-state index is 0.255. The fourth-order valence-electron chi connectivity index (χ4n) is 3.61. The molecule has 0 aliphatic rings. The summed E-state index contributed by atoms with van der Waals surface area (Å²) in [7, 11) is -4.03. The molecule has 34 heavy (non-hydrogen) atoms. The van der Waals surface area contributed by atoms with E-state index in [2.05, 4.69) is 0 Å². The number of aliphatic hydroxyl groups is 1. The molecule has 0 spiro atoms. The zero-order chi connectivity index (χ0) is 24.8. The first-order chi connectivity index (χ1) is 16.1. The van der Waals surface area contributed by atoms with Gasteiger partial charge in [-0.1, -0.05) is 0 Å². The molecule has 0 bridgehead atoms. The van der Waals surface area contributed by atoms with E-state index in [1.165, 1.54) is 13.8 Å². The van der Waals surface area contributed by atoms with Crippen LogP contribution in [0.4, 0.5) is 13.2 Å². The van der Waals surface area contributed by atoms with Crippen molar-refractivity contribution in [2.75, 3.05) is 0 Å². The summed E-state index contributed by atoms with van der Waals surface area (Å²) in [6.07, 6.45) is -8.37. The van der Waals surface area contributed by atoms with Gasteiger partial charge in [-0.25, -0.2) is 0 Å². The molecule has 4 nitrogen and oxygen atoms in total. The molecule has 3 rings (SSSR count). The maximum atomic E-state index is 13.6. The number of carbonyl (C=O) groups excluding carboxylic acids is 1. The van der Waals surface area contributed by atoms with Crippen LogP contribution in [-0.2, 0) is 9.05 Å². The van der Waals surface area contributed by atoms with Crippen LogP contribution in [0.25, 0.3) is 0 Å². The number of benzene rings is 3. The number of aliphatic hydroxyl groups excluding tert-OH is 1. The molecule has 3 unspecified atom stereocenters. The Labute approximate surface area is 197 Å². The molecule has 0 aliphatic carbocycles. The van der Waals surface area contributed by atoms with Crippen LogP contribution in [0, 0.1) is 5.92 Å². The van der Waals surface area contributed by atoms with E-state index in [1.54, 1.807) is 91.0 Å². The van der Waals surface area contributed by atoms with E-state index >= 15 is 0 Å². The molecule has 0 aliphatic heterocycles. The van der Waals surface area contributed by atoms with Gasteiger partial charge < -0.3 is 0 Å². The maximum absolute atomic E-state index is 13.6. The Morgan fingerprint density at radius 2 is 1.29 bits per heavy atom. The second-order valence-corrected chi connectivity index (χ2v) is 11.0. The Kier molecular flexibility index (Phi) is 8.47. The van der Waals surface area contributed by atoms with Crippen molar-refractivity contribution in [3.05, 3.63) is 96.6 Å². The SMILES string of the molecule is CC(O)C(C)C(CC(F)(F)F)O[PH](OC(=O)c1ccccc1)(c1ccccc1)c1ccccc1.